The van der Waals surface area contributed by atoms with E-state index in [1.807, 2.05) is 0 Å². The van der Waals surface area contributed by atoms with Gasteiger partial charge < -0.3 is 4.90 Å². The van der Waals surface area contributed by atoms with E-state index < -0.39 is 18.1 Å². The summed E-state index contributed by atoms with van der Waals surface area (Å²) in [7, 11) is 0. The molecule has 1 aromatic carbocycles. The van der Waals surface area contributed by atoms with Crippen LogP contribution < -0.4 is 0 Å². The van der Waals surface area contributed by atoms with Crippen LogP contribution in [0.5, 0.6) is 0 Å². The Bertz CT molecular complexity index is 565. The molecule has 0 spiro atoms. The molecule has 1 aromatic rings. The number of hydrogen-bond acceptors (Lipinski definition) is 3. The molecule has 1 amide bonds. The highest BCUT2D eigenvalue weighted by Gasteiger charge is 2.43. The number of nitrogens with zero attached hydrogens (tertiary/aromatic N) is 2. The van der Waals surface area contributed by atoms with Crippen LogP contribution in [0.3, 0.4) is 0 Å². The fourth-order valence-corrected chi connectivity index (χ4v) is 2.21. The Morgan fingerprint density at radius 2 is 2.25 bits per heavy atom. The van der Waals surface area contributed by atoms with Crippen molar-refractivity contribution in [3.63, 3.8) is 0 Å². The summed E-state index contributed by atoms with van der Waals surface area (Å²) in [6, 6.07) is 6.85. The van der Waals surface area contributed by atoms with Crippen molar-refractivity contribution in [3.8, 4) is 0 Å². The maximum atomic E-state index is 12.5. The lowest BCUT2D eigenvalue weighted by Gasteiger charge is -2.23. The lowest BCUT2D eigenvalue weighted by molar-refractivity contribution is -0.185. The lowest BCUT2D eigenvalue weighted by atomic mass is 10.0. The first-order valence-electron chi connectivity index (χ1n) is 5.85. The van der Waals surface area contributed by atoms with Gasteiger partial charge in [0.2, 0.25) is 6.08 Å². The van der Waals surface area contributed by atoms with E-state index in [0.29, 0.717) is 10.5 Å². The molecule has 20 heavy (non-hydrogen) atoms. The third-order valence-corrected chi connectivity index (χ3v) is 3.13. The van der Waals surface area contributed by atoms with E-state index in [9.17, 15) is 22.8 Å². The molecule has 0 saturated heterocycles. The summed E-state index contributed by atoms with van der Waals surface area (Å²) >= 11 is 0. The SMILES string of the molecule is O=C=NC1CN(C(=O)C(F)(F)F)CCc2c[c]ccc21. The topological polar surface area (TPSA) is 49.7 Å². The number of isocyanates is 1. The maximum Gasteiger partial charge on any atom is 0.471 e. The minimum absolute atomic E-state index is 0.0753. The molecular formula is C13H10F3N2O2. The van der Waals surface area contributed by atoms with Crippen LogP contribution in [0, 0.1) is 6.07 Å². The summed E-state index contributed by atoms with van der Waals surface area (Å²) in [5, 5.41) is 0. The van der Waals surface area contributed by atoms with Crippen LogP contribution in [-0.2, 0) is 16.0 Å². The largest absolute Gasteiger partial charge is 0.471 e. The molecule has 1 unspecified atom stereocenters. The van der Waals surface area contributed by atoms with Gasteiger partial charge in [0.05, 0.1) is 0 Å². The molecule has 0 bridgehead atoms. The van der Waals surface area contributed by atoms with Crippen molar-refractivity contribution in [2.24, 2.45) is 4.99 Å². The Morgan fingerprint density at radius 1 is 1.50 bits per heavy atom. The number of aliphatic imine (C=N–C) groups is 1. The normalized spacial score (nSPS) is 18.8. The second-order valence-corrected chi connectivity index (χ2v) is 4.36. The summed E-state index contributed by atoms with van der Waals surface area (Å²) in [6.45, 7) is -0.362. The fraction of sp³-hybridized carbons (Fsp3) is 0.385. The van der Waals surface area contributed by atoms with Gasteiger partial charge in [-0.2, -0.15) is 18.2 Å². The van der Waals surface area contributed by atoms with Crippen molar-refractivity contribution in [1.82, 2.24) is 4.90 Å². The van der Waals surface area contributed by atoms with Gasteiger partial charge in [0.15, 0.2) is 0 Å². The highest BCUT2D eigenvalue weighted by Crippen LogP contribution is 2.28. The minimum Gasteiger partial charge on any atom is -0.332 e. The first kappa shape index (κ1) is 14.3. The Labute approximate surface area is 112 Å². The molecule has 1 aliphatic rings. The van der Waals surface area contributed by atoms with Crippen LogP contribution in [0.25, 0.3) is 0 Å². The Kier molecular flexibility index (Phi) is 3.90. The Hall–Kier alpha value is -2.14. The van der Waals surface area contributed by atoms with Crippen LogP contribution in [0.15, 0.2) is 23.2 Å². The van der Waals surface area contributed by atoms with Gasteiger partial charge in [-0.05, 0) is 23.6 Å². The van der Waals surface area contributed by atoms with Crippen molar-refractivity contribution in [3.05, 3.63) is 35.4 Å². The number of carbonyl (C=O) groups excluding carboxylic acids is 2. The molecule has 0 fully saturated rings. The van der Waals surface area contributed by atoms with Gasteiger partial charge in [0.25, 0.3) is 0 Å². The van der Waals surface area contributed by atoms with E-state index in [4.69, 9.17) is 0 Å². The summed E-state index contributed by atoms with van der Waals surface area (Å²) in [5.41, 5.74) is 1.36. The Balaban J connectivity index is 2.34. The van der Waals surface area contributed by atoms with E-state index in [2.05, 4.69) is 11.1 Å². The van der Waals surface area contributed by atoms with Crippen molar-refractivity contribution < 1.29 is 22.8 Å². The first-order chi connectivity index (χ1) is 9.43. The quantitative estimate of drug-likeness (QED) is 0.583. The average Bonchev–Trinajstić information content (AvgIpc) is 2.58. The monoisotopic (exact) mass is 283 g/mol. The molecule has 0 saturated carbocycles. The van der Waals surface area contributed by atoms with Crippen molar-refractivity contribution in [2.75, 3.05) is 13.1 Å². The van der Waals surface area contributed by atoms with Crippen molar-refractivity contribution >= 4 is 12.0 Å². The first-order valence-corrected chi connectivity index (χ1v) is 5.85. The second-order valence-electron chi connectivity index (χ2n) is 4.36. The molecular weight excluding hydrogens is 273 g/mol. The molecule has 1 radical (unpaired) electrons. The van der Waals surface area contributed by atoms with E-state index in [1.54, 1.807) is 18.2 Å². The number of amides is 1. The minimum atomic E-state index is -4.93. The standard InChI is InChI=1S/C13H10F3N2O2/c14-13(15,16)12(20)18-6-5-9-3-1-2-4-10(9)11(7-18)17-8-19/h2-4,11H,5-7H2. The zero-order chi connectivity index (χ0) is 14.8. The molecule has 1 atom stereocenters. The van der Waals surface area contributed by atoms with Crippen molar-refractivity contribution in [1.29, 1.82) is 0 Å². The molecule has 0 aliphatic carbocycles. The predicted octanol–water partition coefficient (Wildman–Crippen LogP) is 1.81. The van der Waals surface area contributed by atoms with Gasteiger partial charge in [-0.1, -0.05) is 18.2 Å². The molecule has 4 nitrogen and oxygen atoms in total. The predicted molar refractivity (Wildman–Crippen MR) is 62.5 cm³/mol. The summed E-state index contributed by atoms with van der Waals surface area (Å²) in [5.74, 6) is -1.92. The molecule has 7 heteroatoms. The lowest BCUT2D eigenvalue weighted by Crippen LogP contribution is -2.43. The number of rotatable bonds is 1. The van der Waals surface area contributed by atoms with Gasteiger partial charge in [0.1, 0.15) is 6.04 Å². The molecule has 2 rings (SSSR count). The van der Waals surface area contributed by atoms with Crippen LogP contribution in [-0.4, -0.2) is 36.2 Å². The van der Waals surface area contributed by atoms with Gasteiger partial charge >= 0.3 is 12.1 Å². The zero-order valence-corrected chi connectivity index (χ0v) is 10.3. The highest BCUT2D eigenvalue weighted by molar-refractivity contribution is 5.82. The maximum absolute atomic E-state index is 12.5. The number of benzene rings is 1. The summed E-state index contributed by atoms with van der Waals surface area (Å²) in [6.07, 6.45) is -3.32. The number of carbonyl (C=O) groups is 1. The second kappa shape index (κ2) is 5.46. The van der Waals surface area contributed by atoms with Gasteiger partial charge in [0, 0.05) is 13.1 Å². The number of fused-ring (bicyclic) bond motifs is 1. The molecule has 0 aromatic heterocycles. The van der Waals surface area contributed by atoms with Crippen LogP contribution in [0.2, 0.25) is 0 Å². The van der Waals surface area contributed by atoms with E-state index in [-0.39, 0.29) is 19.5 Å². The zero-order valence-electron chi connectivity index (χ0n) is 10.3. The van der Waals surface area contributed by atoms with Crippen molar-refractivity contribution in [2.45, 2.75) is 18.6 Å². The fourth-order valence-electron chi connectivity index (χ4n) is 2.21. The van der Waals surface area contributed by atoms with Gasteiger partial charge in [-0.15, -0.1) is 0 Å². The third kappa shape index (κ3) is 2.88. The van der Waals surface area contributed by atoms with Crippen LogP contribution in [0.1, 0.15) is 17.2 Å². The van der Waals surface area contributed by atoms with E-state index in [1.165, 1.54) is 6.08 Å². The van der Waals surface area contributed by atoms with E-state index >= 15 is 0 Å². The number of hydrogen-bond donors (Lipinski definition) is 0. The average molecular weight is 283 g/mol. The Morgan fingerprint density at radius 3 is 2.90 bits per heavy atom. The molecule has 0 N–H and O–H groups in total. The summed E-state index contributed by atoms with van der Waals surface area (Å²) < 4.78 is 37.5. The molecule has 105 valence electrons. The smallest absolute Gasteiger partial charge is 0.332 e. The summed E-state index contributed by atoms with van der Waals surface area (Å²) in [4.78, 5) is 26.0. The van der Waals surface area contributed by atoms with Crippen LogP contribution >= 0.6 is 0 Å². The van der Waals surface area contributed by atoms with Gasteiger partial charge in [-0.25, -0.2) is 4.79 Å². The third-order valence-electron chi connectivity index (χ3n) is 3.13. The highest BCUT2D eigenvalue weighted by atomic mass is 19.4. The number of alkyl halides is 3. The van der Waals surface area contributed by atoms with Gasteiger partial charge in [-0.3, -0.25) is 4.79 Å². The molecule has 1 aliphatic heterocycles. The molecule has 1 heterocycles. The van der Waals surface area contributed by atoms with Crippen LogP contribution in [0.4, 0.5) is 13.2 Å². The van der Waals surface area contributed by atoms with E-state index in [0.717, 1.165) is 5.56 Å². The number of halogens is 3.